The van der Waals surface area contributed by atoms with Gasteiger partial charge >= 0.3 is 12.4 Å². The Kier molecular flexibility index (Phi) is 6.96. The predicted octanol–water partition coefficient (Wildman–Crippen LogP) is 5.58. The minimum atomic E-state index is -5.08. The molecule has 2 aliphatic rings. The Balaban J connectivity index is 1.95. The minimum Gasteiger partial charge on any atom is -0.348 e. The van der Waals surface area contributed by atoms with E-state index < -0.39 is 35.0 Å². The van der Waals surface area contributed by atoms with Crippen molar-refractivity contribution < 1.29 is 31.1 Å². The number of likely N-dealkylation sites (tertiary alicyclic amines) is 1. The first-order valence-electron chi connectivity index (χ1n) is 9.93. The lowest BCUT2D eigenvalue weighted by Crippen LogP contribution is -2.52. The van der Waals surface area contributed by atoms with Crippen LogP contribution in [0, 0.1) is 0 Å². The summed E-state index contributed by atoms with van der Waals surface area (Å²) < 4.78 is 80.2. The van der Waals surface area contributed by atoms with E-state index in [1.165, 1.54) is 6.26 Å². The summed E-state index contributed by atoms with van der Waals surface area (Å²) in [5, 5.41) is 2.73. The highest BCUT2D eigenvalue weighted by molar-refractivity contribution is 7.98. The molecule has 1 aliphatic heterocycles. The van der Waals surface area contributed by atoms with E-state index in [0.717, 1.165) is 45.2 Å². The molecule has 0 radical (unpaired) electrons. The van der Waals surface area contributed by atoms with Crippen LogP contribution in [-0.4, -0.2) is 42.2 Å². The van der Waals surface area contributed by atoms with E-state index >= 15 is 0 Å². The normalized spacial score (nSPS) is 23.6. The summed E-state index contributed by atoms with van der Waals surface area (Å²) in [5.41, 5.74) is -3.69. The molecular formula is C20H24F6N2OS. The molecule has 10 heteroatoms. The number of thioether (sulfide) groups is 1. The first kappa shape index (κ1) is 23.2. The molecular weight excluding hydrogens is 430 g/mol. The number of halogens is 6. The van der Waals surface area contributed by atoms with Crippen molar-refractivity contribution in [1.82, 2.24) is 10.2 Å². The number of amides is 1. The molecule has 0 spiro atoms. The summed E-state index contributed by atoms with van der Waals surface area (Å²) in [4.78, 5) is 14.9. The Morgan fingerprint density at radius 2 is 1.63 bits per heavy atom. The number of rotatable bonds is 4. The number of alkyl halides is 6. The van der Waals surface area contributed by atoms with Crippen LogP contribution in [0.5, 0.6) is 0 Å². The predicted molar refractivity (Wildman–Crippen MR) is 103 cm³/mol. The molecule has 1 aromatic rings. The minimum absolute atomic E-state index is 0.0352. The van der Waals surface area contributed by atoms with Crippen molar-refractivity contribution >= 4 is 17.7 Å². The van der Waals surface area contributed by atoms with Gasteiger partial charge in [0.2, 0.25) is 0 Å². The van der Waals surface area contributed by atoms with Crippen molar-refractivity contribution in [3.05, 3.63) is 28.8 Å². The largest absolute Gasteiger partial charge is 0.417 e. The van der Waals surface area contributed by atoms with Crippen molar-refractivity contribution in [2.75, 3.05) is 19.3 Å². The lowest BCUT2D eigenvalue weighted by molar-refractivity contribution is -0.143. The second-order valence-corrected chi connectivity index (χ2v) is 8.62. The quantitative estimate of drug-likeness (QED) is 0.476. The average Bonchev–Trinajstić information content (AvgIpc) is 3.20. The topological polar surface area (TPSA) is 32.3 Å². The van der Waals surface area contributed by atoms with E-state index in [1.54, 1.807) is 0 Å². The van der Waals surface area contributed by atoms with Crippen LogP contribution in [0.1, 0.15) is 60.0 Å². The summed E-state index contributed by atoms with van der Waals surface area (Å²) in [5.74, 6) is -0.962. The SMILES string of the molecule is CSc1cc(C(F)(F)F)cc(C(F)(F)F)c1C(=O)NC1CCCC[C@@H]1N1CCCC1. The van der Waals surface area contributed by atoms with Crippen molar-refractivity contribution in [3.8, 4) is 0 Å². The summed E-state index contributed by atoms with van der Waals surface area (Å²) in [7, 11) is 0. The standard InChI is InChI=1S/C20H24F6N2OS/c1-30-16-11-12(19(21,22)23)10-13(20(24,25)26)17(16)18(29)27-14-6-2-3-7-15(14)28-8-4-5-9-28/h10-11,14-15H,2-9H2,1H3,(H,27,29)/t14?,15-/m0/s1. The number of benzene rings is 1. The van der Waals surface area contributed by atoms with Gasteiger partial charge < -0.3 is 5.32 Å². The second-order valence-electron chi connectivity index (χ2n) is 7.77. The Morgan fingerprint density at radius 1 is 1.00 bits per heavy atom. The van der Waals surface area contributed by atoms with Crippen LogP contribution in [-0.2, 0) is 12.4 Å². The zero-order valence-corrected chi connectivity index (χ0v) is 17.3. The van der Waals surface area contributed by atoms with Gasteiger partial charge in [-0.15, -0.1) is 11.8 Å². The van der Waals surface area contributed by atoms with Crippen LogP contribution in [0.25, 0.3) is 0 Å². The van der Waals surface area contributed by atoms with Crippen molar-refractivity contribution in [2.24, 2.45) is 0 Å². The van der Waals surface area contributed by atoms with Gasteiger partial charge in [0.15, 0.2) is 0 Å². The summed E-state index contributed by atoms with van der Waals surface area (Å²) in [6.07, 6.45) is -3.25. The highest BCUT2D eigenvalue weighted by Gasteiger charge is 2.42. The molecule has 3 nitrogen and oxygen atoms in total. The second kappa shape index (κ2) is 8.98. The maximum absolute atomic E-state index is 13.6. The van der Waals surface area contributed by atoms with Gasteiger partial charge in [0.25, 0.3) is 5.91 Å². The lowest BCUT2D eigenvalue weighted by Gasteiger charge is -2.38. The molecule has 2 fully saturated rings. The molecule has 30 heavy (non-hydrogen) atoms. The number of carbonyl (C=O) groups is 1. The molecule has 1 aromatic carbocycles. The fourth-order valence-electron chi connectivity index (χ4n) is 4.43. The third-order valence-corrected chi connectivity index (χ3v) is 6.60. The van der Waals surface area contributed by atoms with Gasteiger partial charge in [-0.3, -0.25) is 9.69 Å². The average molecular weight is 454 g/mol. The van der Waals surface area contributed by atoms with Gasteiger partial charge in [-0.25, -0.2) is 0 Å². The molecule has 1 saturated carbocycles. The van der Waals surface area contributed by atoms with E-state index in [2.05, 4.69) is 10.2 Å². The fourth-order valence-corrected chi connectivity index (χ4v) is 5.08. The molecule has 1 amide bonds. The highest BCUT2D eigenvalue weighted by Crippen LogP contribution is 2.41. The van der Waals surface area contributed by atoms with Crippen molar-refractivity contribution in [1.29, 1.82) is 0 Å². The van der Waals surface area contributed by atoms with Crippen LogP contribution in [0.2, 0.25) is 0 Å². The first-order chi connectivity index (χ1) is 14.0. The van der Waals surface area contributed by atoms with Crippen LogP contribution in [0.4, 0.5) is 26.3 Å². The van der Waals surface area contributed by atoms with Crippen molar-refractivity contribution in [3.63, 3.8) is 0 Å². The van der Waals surface area contributed by atoms with Crippen LogP contribution < -0.4 is 5.32 Å². The molecule has 1 saturated heterocycles. The Hall–Kier alpha value is -1.42. The summed E-state index contributed by atoms with van der Waals surface area (Å²) in [6, 6.07) is 0.385. The van der Waals surface area contributed by atoms with E-state index in [-0.39, 0.29) is 23.0 Å². The van der Waals surface area contributed by atoms with E-state index in [0.29, 0.717) is 24.2 Å². The van der Waals surface area contributed by atoms with Crippen molar-refractivity contribution in [2.45, 2.75) is 67.9 Å². The van der Waals surface area contributed by atoms with Crippen LogP contribution in [0.3, 0.4) is 0 Å². The van der Waals surface area contributed by atoms with Crippen LogP contribution in [0.15, 0.2) is 17.0 Å². The van der Waals surface area contributed by atoms with Gasteiger partial charge in [0, 0.05) is 17.0 Å². The number of nitrogens with one attached hydrogen (secondary N) is 1. The van der Waals surface area contributed by atoms with Gasteiger partial charge in [0.05, 0.1) is 16.7 Å². The van der Waals surface area contributed by atoms with Gasteiger partial charge in [-0.05, 0) is 57.2 Å². The Labute approximate surface area is 175 Å². The Bertz CT molecular complexity index is 774. The van der Waals surface area contributed by atoms with E-state index in [9.17, 15) is 31.1 Å². The molecule has 1 unspecified atom stereocenters. The number of nitrogens with zero attached hydrogens (tertiary/aromatic N) is 1. The molecule has 3 rings (SSSR count). The van der Waals surface area contributed by atoms with Crippen LogP contribution >= 0.6 is 11.8 Å². The first-order valence-corrected chi connectivity index (χ1v) is 11.2. The molecule has 0 aromatic heterocycles. The summed E-state index contributed by atoms with van der Waals surface area (Å²) >= 11 is 0.701. The summed E-state index contributed by atoms with van der Waals surface area (Å²) in [6.45, 7) is 1.78. The smallest absolute Gasteiger partial charge is 0.348 e. The van der Waals surface area contributed by atoms with E-state index in [1.807, 2.05) is 0 Å². The number of hydrogen-bond donors (Lipinski definition) is 1. The third-order valence-electron chi connectivity index (χ3n) is 5.84. The van der Waals surface area contributed by atoms with Gasteiger partial charge in [0.1, 0.15) is 0 Å². The van der Waals surface area contributed by atoms with Gasteiger partial charge in [-0.1, -0.05) is 12.8 Å². The highest BCUT2D eigenvalue weighted by atomic mass is 32.2. The van der Waals surface area contributed by atoms with E-state index in [4.69, 9.17) is 0 Å². The third kappa shape index (κ3) is 5.07. The fraction of sp³-hybridized carbons (Fsp3) is 0.650. The number of carbonyl (C=O) groups excluding carboxylic acids is 1. The zero-order valence-electron chi connectivity index (χ0n) is 16.5. The molecule has 1 heterocycles. The molecule has 168 valence electrons. The Morgan fingerprint density at radius 3 is 2.20 bits per heavy atom. The maximum atomic E-state index is 13.6. The molecule has 0 bridgehead atoms. The molecule has 2 atom stereocenters. The molecule has 1 aliphatic carbocycles. The zero-order chi connectivity index (χ0) is 22.1. The maximum Gasteiger partial charge on any atom is 0.417 e. The monoisotopic (exact) mass is 454 g/mol. The lowest BCUT2D eigenvalue weighted by atomic mass is 9.88. The number of hydrogen-bond acceptors (Lipinski definition) is 3. The molecule has 1 N–H and O–H groups in total. The van der Waals surface area contributed by atoms with Gasteiger partial charge in [-0.2, -0.15) is 26.3 Å².